The van der Waals surface area contributed by atoms with Crippen LogP contribution < -0.4 is 21.3 Å². The Morgan fingerprint density at radius 3 is 1.33 bits per heavy atom. The Bertz CT molecular complexity index is 1090. The maximum absolute atomic E-state index is 10.2. The molecule has 0 amide bonds. The van der Waals surface area contributed by atoms with Gasteiger partial charge in [-0.25, -0.2) is 9.97 Å². The van der Waals surface area contributed by atoms with E-state index in [-0.39, 0.29) is 12.1 Å². The molecular formula is C24H32Br2N8O2. The molecule has 2 heterocycles. The SMILES string of the molecule is CC(Nc1nc(Nc2ccc(Nc3ncc(Br)c(NC(C)C(C)(C)O)n3)cc2)ncc1Br)C(C)(C)O. The van der Waals surface area contributed by atoms with E-state index in [0.29, 0.717) is 32.5 Å². The standard InChI is InChI=1S/C24H32Br2N8O2/c1-13(23(3,4)35)29-19-17(25)11-27-21(33-19)31-15-7-9-16(10-8-15)32-22-28-12-18(26)20(34-22)30-14(2)24(5,6)36/h7-14,35-36H,1-6H3,(H2,27,29,31,33)(H2,28,30,32,34). The predicted molar refractivity (Wildman–Crippen MR) is 151 cm³/mol. The summed E-state index contributed by atoms with van der Waals surface area (Å²) in [6.45, 7) is 10.7. The molecule has 0 aliphatic rings. The summed E-state index contributed by atoms with van der Waals surface area (Å²) in [6.07, 6.45) is 3.31. The topological polar surface area (TPSA) is 140 Å². The summed E-state index contributed by atoms with van der Waals surface area (Å²) >= 11 is 6.89. The number of hydrogen-bond acceptors (Lipinski definition) is 10. The summed E-state index contributed by atoms with van der Waals surface area (Å²) in [4.78, 5) is 17.7. The molecule has 0 saturated heterocycles. The predicted octanol–water partition coefficient (Wildman–Crippen LogP) is 5.42. The van der Waals surface area contributed by atoms with Crippen molar-refractivity contribution in [1.82, 2.24) is 19.9 Å². The lowest BCUT2D eigenvalue weighted by molar-refractivity contribution is 0.0643. The lowest BCUT2D eigenvalue weighted by Gasteiger charge is -2.27. The number of aliphatic hydroxyl groups is 2. The molecule has 0 aliphatic heterocycles. The molecule has 6 N–H and O–H groups in total. The second kappa shape index (κ2) is 11.2. The van der Waals surface area contributed by atoms with E-state index in [2.05, 4.69) is 73.1 Å². The summed E-state index contributed by atoms with van der Waals surface area (Å²) in [5, 5.41) is 33.2. The summed E-state index contributed by atoms with van der Waals surface area (Å²) < 4.78 is 1.40. The first-order valence-electron chi connectivity index (χ1n) is 11.4. The number of benzene rings is 1. The lowest BCUT2D eigenvalue weighted by atomic mass is 10.0. The molecule has 12 heteroatoms. The molecule has 2 aromatic heterocycles. The van der Waals surface area contributed by atoms with Crippen molar-refractivity contribution in [1.29, 1.82) is 0 Å². The van der Waals surface area contributed by atoms with Gasteiger partial charge in [0.1, 0.15) is 11.6 Å². The zero-order chi connectivity index (χ0) is 26.7. The van der Waals surface area contributed by atoms with Crippen LogP contribution in [-0.2, 0) is 0 Å². The van der Waals surface area contributed by atoms with Crippen molar-refractivity contribution in [2.24, 2.45) is 0 Å². The molecule has 0 bridgehead atoms. The van der Waals surface area contributed by atoms with Crippen LogP contribution in [0.2, 0.25) is 0 Å². The Morgan fingerprint density at radius 2 is 1.03 bits per heavy atom. The first-order chi connectivity index (χ1) is 16.7. The molecule has 194 valence electrons. The maximum Gasteiger partial charge on any atom is 0.229 e. The van der Waals surface area contributed by atoms with Crippen molar-refractivity contribution < 1.29 is 10.2 Å². The number of halogens is 2. The average Bonchev–Trinajstić information content (AvgIpc) is 2.78. The van der Waals surface area contributed by atoms with E-state index >= 15 is 0 Å². The summed E-state index contributed by atoms with van der Waals surface area (Å²) in [5.74, 6) is 1.99. The molecule has 1 aromatic carbocycles. The highest BCUT2D eigenvalue weighted by atomic mass is 79.9. The molecular weight excluding hydrogens is 592 g/mol. The largest absolute Gasteiger partial charge is 0.388 e. The van der Waals surface area contributed by atoms with Crippen LogP contribution in [0.3, 0.4) is 0 Å². The van der Waals surface area contributed by atoms with E-state index in [0.717, 1.165) is 11.4 Å². The molecule has 0 fully saturated rings. The zero-order valence-electron chi connectivity index (χ0n) is 21.1. The van der Waals surface area contributed by atoms with Crippen molar-refractivity contribution in [3.63, 3.8) is 0 Å². The van der Waals surface area contributed by atoms with Gasteiger partial charge >= 0.3 is 0 Å². The fraction of sp³-hybridized carbons (Fsp3) is 0.417. The number of rotatable bonds is 10. The van der Waals surface area contributed by atoms with Crippen molar-refractivity contribution >= 4 is 66.8 Å². The van der Waals surface area contributed by atoms with Gasteiger partial charge in [0.2, 0.25) is 11.9 Å². The van der Waals surface area contributed by atoms with Crippen LogP contribution in [0.4, 0.5) is 34.9 Å². The average molecular weight is 624 g/mol. The van der Waals surface area contributed by atoms with Crippen LogP contribution in [0.1, 0.15) is 41.5 Å². The molecule has 10 nitrogen and oxygen atoms in total. The van der Waals surface area contributed by atoms with Crippen molar-refractivity contribution in [2.45, 2.75) is 64.8 Å². The highest BCUT2D eigenvalue weighted by molar-refractivity contribution is 9.11. The number of hydrogen-bond donors (Lipinski definition) is 6. The molecule has 0 saturated carbocycles. The Hall–Kier alpha value is -2.54. The smallest absolute Gasteiger partial charge is 0.229 e. The van der Waals surface area contributed by atoms with E-state index in [4.69, 9.17) is 0 Å². The minimum absolute atomic E-state index is 0.225. The Labute approximate surface area is 228 Å². The minimum atomic E-state index is -0.913. The lowest BCUT2D eigenvalue weighted by Crippen LogP contribution is -2.39. The van der Waals surface area contributed by atoms with E-state index in [1.54, 1.807) is 40.1 Å². The second-order valence-electron chi connectivity index (χ2n) is 9.65. The van der Waals surface area contributed by atoms with Crippen molar-refractivity contribution in [2.75, 3.05) is 21.3 Å². The summed E-state index contributed by atoms with van der Waals surface area (Å²) in [6, 6.07) is 7.08. The molecule has 3 aromatic rings. The van der Waals surface area contributed by atoms with Crippen LogP contribution >= 0.6 is 31.9 Å². The van der Waals surface area contributed by atoms with Gasteiger partial charge in [-0.2, -0.15) is 9.97 Å². The van der Waals surface area contributed by atoms with E-state index in [9.17, 15) is 10.2 Å². The minimum Gasteiger partial charge on any atom is -0.388 e. The van der Waals surface area contributed by atoms with Crippen LogP contribution in [0.5, 0.6) is 0 Å². The number of aromatic nitrogens is 4. The highest BCUT2D eigenvalue weighted by Gasteiger charge is 2.24. The van der Waals surface area contributed by atoms with Gasteiger partial charge in [-0.1, -0.05) is 0 Å². The van der Waals surface area contributed by atoms with Gasteiger partial charge in [0.15, 0.2) is 0 Å². The van der Waals surface area contributed by atoms with Gasteiger partial charge in [0.25, 0.3) is 0 Å². The summed E-state index contributed by atoms with van der Waals surface area (Å²) in [7, 11) is 0. The van der Waals surface area contributed by atoms with Crippen LogP contribution in [-0.4, -0.2) is 53.4 Å². The Kier molecular flexibility index (Phi) is 8.75. The third-order valence-electron chi connectivity index (χ3n) is 5.71. The molecule has 0 aliphatic carbocycles. The Morgan fingerprint density at radius 1 is 0.694 bits per heavy atom. The molecule has 36 heavy (non-hydrogen) atoms. The monoisotopic (exact) mass is 622 g/mol. The number of nitrogens with zero attached hydrogens (tertiary/aromatic N) is 4. The normalized spacial score (nSPS) is 13.6. The van der Waals surface area contributed by atoms with Crippen molar-refractivity contribution in [3.05, 3.63) is 45.6 Å². The van der Waals surface area contributed by atoms with Crippen molar-refractivity contribution in [3.8, 4) is 0 Å². The van der Waals surface area contributed by atoms with Crippen LogP contribution in [0.15, 0.2) is 45.6 Å². The molecule has 2 unspecified atom stereocenters. The molecule has 0 radical (unpaired) electrons. The van der Waals surface area contributed by atoms with Gasteiger partial charge in [-0.3, -0.25) is 0 Å². The van der Waals surface area contributed by atoms with Gasteiger partial charge in [-0.15, -0.1) is 0 Å². The van der Waals surface area contributed by atoms with Crippen LogP contribution in [0, 0.1) is 0 Å². The molecule has 2 atom stereocenters. The fourth-order valence-electron chi connectivity index (χ4n) is 2.72. The summed E-state index contributed by atoms with van der Waals surface area (Å²) in [5.41, 5.74) is -0.238. The molecule has 0 spiro atoms. The van der Waals surface area contributed by atoms with E-state index in [1.165, 1.54) is 0 Å². The van der Waals surface area contributed by atoms with E-state index in [1.807, 2.05) is 38.1 Å². The van der Waals surface area contributed by atoms with Gasteiger partial charge in [0, 0.05) is 23.8 Å². The third-order valence-corrected chi connectivity index (χ3v) is 6.87. The Balaban J connectivity index is 1.68. The highest BCUT2D eigenvalue weighted by Crippen LogP contribution is 2.27. The second-order valence-corrected chi connectivity index (χ2v) is 11.4. The quantitative estimate of drug-likeness (QED) is 0.173. The first-order valence-corrected chi connectivity index (χ1v) is 13.0. The number of nitrogens with one attached hydrogen (secondary N) is 4. The van der Waals surface area contributed by atoms with E-state index < -0.39 is 11.2 Å². The van der Waals surface area contributed by atoms with Gasteiger partial charge in [-0.05, 0) is 97.7 Å². The zero-order valence-corrected chi connectivity index (χ0v) is 24.2. The molecule has 3 rings (SSSR count). The van der Waals surface area contributed by atoms with Crippen LogP contribution in [0.25, 0.3) is 0 Å². The third kappa shape index (κ3) is 7.73. The van der Waals surface area contributed by atoms with Gasteiger partial charge < -0.3 is 31.5 Å². The fourth-order valence-corrected chi connectivity index (χ4v) is 3.33. The van der Waals surface area contributed by atoms with Gasteiger partial charge in [0.05, 0.1) is 32.2 Å². The maximum atomic E-state index is 10.2. The first kappa shape index (κ1) is 28.0. The number of anilines is 6.